The molecule has 1 saturated heterocycles. The second-order valence-electron chi connectivity index (χ2n) is 4.16. The van der Waals surface area contributed by atoms with Crippen LogP contribution >= 0.6 is 0 Å². The van der Waals surface area contributed by atoms with E-state index in [1.165, 1.54) is 0 Å². The summed E-state index contributed by atoms with van der Waals surface area (Å²) in [6.07, 6.45) is 2.60. The third-order valence-electron chi connectivity index (χ3n) is 2.85. The average Bonchev–Trinajstić information content (AvgIpc) is 2.40. The van der Waals surface area contributed by atoms with Crippen LogP contribution in [0.3, 0.4) is 0 Å². The SMILES string of the molecule is C=CCC1COC(c2ccc(OC)cc2)OC1. The molecule has 0 aliphatic carbocycles. The molecule has 17 heavy (non-hydrogen) atoms. The largest absolute Gasteiger partial charge is 0.497 e. The van der Waals surface area contributed by atoms with Crippen LogP contribution in [-0.2, 0) is 9.47 Å². The molecule has 3 nitrogen and oxygen atoms in total. The fourth-order valence-electron chi connectivity index (χ4n) is 1.87. The van der Waals surface area contributed by atoms with Gasteiger partial charge in [0.05, 0.1) is 20.3 Å². The van der Waals surface area contributed by atoms with Crippen LogP contribution in [0.25, 0.3) is 0 Å². The van der Waals surface area contributed by atoms with Crippen molar-refractivity contribution in [3.05, 3.63) is 42.5 Å². The van der Waals surface area contributed by atoms with Crippen molar-refractivity contribution in [2.24, 2.45) is 5.92 Å². The van der Waals surface area contributed by atoms with Gasteiger partial charge in [-0.25, -0.2) is 0 Å². The number of rotatable bonds is 4. The molecule has 1 aliphatic rings. The minimum absolute atomic E-state index is 0.248. The lowest BCUT2D eigenvalue weighted by Crippen LogP contribution is -2.26. The van der Waals surface area contributed by atoms with Gasteiger partial charge in [-0.05, 0) is 18.6 Å². The molecule has 0 radical (unpaired) electrons. The lowest BCUT2D eigenvalue weighted by molar-refractivity contribution is -0.204. The summed E-state index contributed by atoms with van der Waals surface area (Å²) < 4.78 is 16.5. The van der Waals surface area contributed by atoms with E-state index in [1.54, 1.807) is 7.11 Å². The van der Waals surface area contributed by atoms with Gasteiger partial charge in [-0.1, -0.05) is 18.2 Å². The molecule has 0 bridgehead atoms. The van der Waals surface area contributed by atoms with Crippen LogP contribution < -0.4 is 4.74 Å². The maximum atomic E-state index is 5.69. The van der Waals surface area contributed by atoms with Crippen molar-refractivity contribution >= 4 is 0 Å². The van der Waals surface area contributed by atoms with E-state index >= 15 is 0 Å². The van der Waals surface area contributed by atoms with Crippen LogP contribution in [0.4, 0.5) is 0 Å². The molecule has 1 aliphatic heterocycles. The van der Waals surface area contributed by atoms with Gasteiger partial charge in [-0.3, -0.25) is 0 Å². The van der Waals surface area contributed by atoms with Gasteiger partial charge in [0.2, 0.25) is 0 Å². The van der Waals surface area contributed by atoms with Gasteiger partial charge in [-0.15, -0.1) is 6.58 Å². The standard InChI is InChI=1S/C14H18O3/c1-3-4-11-9-16-14(17-10-11)12-5-7-13(15-2)8-6-12/h3,5-8,11,14H,1,4,9-10H2,2H3. The summed E-state index contributed by atoms with van der Waals surface area (Å²) in [6.45, 7) is 5.18. The first-order valence-electron chi connectivity index (χ1n) is 5.81. The summed E-state index contributed by atoms with van der Waals surface area (Å²) in [7, 11) is 1.66. The second-order valence-corrected chi connectivity index (χ2v) is 4.16. The molecule has 0 amide bonds. The Labute approximate surface area is 102 Å². The van der Waals surface area contributed by atoms with Crippen molar-refractivity contribution in [1.82, 2.24) is 0 Å². The van der Waals surface area contributed by atoms with Crippen LogP contribution in [0, 0.1) is 5.92 Å². The van der Waals surface area contributed by atoms with Crippen LogP contribution in [0.1, 0.15) is 18.3 Å². The van der Waals surface area contributed by atoms with E-state index < -0.39 is 0 Å². The van der Waals surface area contributed by atoms with E-state index in [0.29, 0.717) is 5.92 Å². The molecule has 0 atom stereocenters. The number of ether oxygens (including phenoxy) is 3. The molecule has 0 unspecified atom stereocenters. The maximum absolute atomic E-state index is 5.69. The molecule has 2 rings (SSSR count). The molecule has 0 saturated carbocycles. The Kier molecular flexibility index (Phi) is 4.18. The molecule has 0 aromatic heterocycles. The number of benzene rings is 1. The average molecular weight is 234 g/mol. The number of methoxy groups -OCH3 is 1. The zero-order valence-electron chi connectivity index (χ0n) is 10.1. The van der Waals surface area contributed by atoms with E-state index in [2.05, 4.69) is 6.58 Å². The minimum Gasteiger partial charge on any atom is -0.497 e. The fourth-order valence-corrected chi connectivity index (χ4v) is 1.87. The highest BCUT2D eigenvalue weighted by atomic mass is 16.7. The number of allylic oxidation sites excluding steroid dienone is 1. The Balaban J connectivity index is 1.93. The third kappa shape index (κ3) is 3.08. The highest BCUT2D eigenvalue weighted by Crippen LogP contribution is 2.27. The zero-order chi connectivity index (χ0) is 12.1. The summed E-state index contributed by atoms with van der Waals surface area (Å²) in [4.78, 5) is 0. The lowest BCUT2D eigenvalue weighted by atomic mass is 10.1. The van der Waals surface area contributed by atoms with Crippen LogP contribution in [0.15, 0.2) is 36.9 Å². The van der Waals surface area contributed by atoms with Crippen molar-refractivity contribution in [3.8, 4) is 5.75 Å². The predicted octanol–water partition coefficient (Wildman–Crippen LogP) is 2.93. The van der Waals surface area contributed by atoms with Crippen molar-refractivity contribution in [2.45, 2.75) is 12.7 Å². The first kappa shape index (κ1) is 12.1. The van der Waals surface area contributed by atoms with E-state index in [-0.39, 0.29) is 6.29 Å². The highest BCUT2D eigenvalue weighted by molar-refractivity contribution is 5.27. The van der Waals surface area contributed by atoms with Gasteiger partial charge < -0.3 is 14.2 Å². The quantitative estimate of drug-likeness (QED) is 0.750. The lowest BCUT2D eigenvalue weighted by Gasteiger charge is -2.29. The Morgan fingerprint density at radius 3 is 2.47 bits per heavy atom. The van der Waals surface area contributed by atoms with Gasteiger partial charge in [0, 0.05) is 11.5 Å². The van der Waals surface area contributed by atoms with Gasteiger partial charge in [0.15, 0.2) is 6.29 Å². The van der Waals surface area contributed by atoms with Crippen molar-refractivity contribution in [2.75, 3.05) is 20.3 Å². The number of hydrogen-bond acceptors (Lipinski definition) is 3. The van der Waals surface area contributed by atoms with Gasteiger partial charge >= 0.3 is 0 Å². The topological polar surface area (TPSA) is 27.7 Å². The molecular weight excluding hydrogens is 216 g/mol. The molecule has 1 aromatic carbocycles. The Bertz CT molecular complexity index is 350. The second kappa shape index (κ2) is 5.84. The Morgan fingerprint density at radius 2 is 1.94 bits per heavy atom. The summed E-state index contributed by atoms with van der Waals surface area (Å²) in [5.41, 5.74) is 1.03. The third-order valence-corrected chi connectivity index (χ3v) is 2.85. The van der Waals surface area contributed by atoms with Crippen LogP contribution in [-0.4, -0.2) is 20.3 Å². The Morgan fingerprint density at radius 1 is 1.29 bits per heavy atom. The molecule has 0 spiro atoms. The molecular formula is C14H18O3. The van der Waals surface area contributed by atoms with E-state index in [0.717, 1.165) is 30.9 Å². The van der Waals surface area contributed by atoms with Gasteiger partial charge in [0.1, 0.15) is 5.75 Å². The van der Waals surface area contributed by atoms with Crippen molar-refractivity contribution < 1.29 is 14.2 Å². The summed E-state index contributed by atoms with van der Waals surface area (Å²) in [5, 5.41) is 0. The Hall–Kier alpha value is -1.32. The zero-order valence-corrected chi connectivity index (χ0v) is 10.1. The summed E-state index contributed by atoms with van der Waals surface area (Å²) in [5.74, 6) is 1.27. The van der Waals surface area contributed by atoms with Gasteiger partial charge in [-0.2, -0.15) is 0 Å². The summed E-state index contributed by atoms with van der Waals surface area (Å²) in [6, 6.07) is 7.77. The molecule has 92 valence electrons. The monoisotopic (exact) mass is 234 g/mol. The van der Waals surface area contributed by atoms with Gasteiger partial charge in [0.25, 0.3) is 0 Å². The summed E-state index contributed by atoms with van der Waals surface area (Å²) >= 11 is 0. The number of hydrogen-bond donors (Lipinski definition) is 0. The van der Waals surface area contributed by atoms with E-state index in [9.17, 15) is 0 Å². The molecule has 1 fully saturated rings. The molecule has 1 heterocycles. The van der Waals surface area contributed by atoms with Crippen molar-refractivity contribution in [3.63, 3.8) is 0 Å². The molecule has 3 heteroatoms. The predicted molar refractivity (Wildman–Crippen MR) is 65.9 cm³/mol. The first-order chi connectivity index (χ1) is 8.33. The highest BCUT2D eigenvalue weighted by Gasteiger charge is 2.22. The normalized spacial score (nSPS) is 24.3. The van der Waals surface area contributed by atoms with E-state index in [4.69, 9.17) is 14.2 Å². The van der Waals surface area contributed by atoms with Crippen molar-refractivity contribution in [1.29, 1.82) is 0 Å². The molecule has 0 N–H and O–H groups in total. The van der Waals surface area contributed by atoms with Crippen LogP contribution in [0.2, 0.25) is 0 Å². The smallest absolute Gasteiger partial charge is 0.183 e. The van der Waals surface area contributed by atoms with Crippen LogP contribution in [0.5, 0.6) is 5.75 Å². The first-order valence-corrected chi connectivity index (χ1v) is 5.81. The van der Waals surface area contributed by atoms with E-state index in [1.807, 2.05) is 30.3 Å². The maximum Gasteiger partial charge on any atom is 0.183 e. The molecule has 1 aromatic rings. The fraction of sp³-hybridized carbons (Fsp3) is 0.429. The minimum atomic E-state index is -0.248.